The first-order valence-corrected chi connectivity index (χ1v) is 6.39. The predicted molar refractivity (Wildman–Crippen MR) is 69.9 cm³/mol. The summed E-state index contributed by atoms with van der Waals surface area (Å²) in [7, 11) is 0. The highest BCUT2D eigenvalue weighted by Crippen LogP contribution is 2.09. The van der Waals surface area contributed by atoms with Crippen LogP contribution in [-0.2, 0) is 19.5 Å². The van der Waals surface area contributed by atoms with Crippen molar-refractivity contribution in [3.63, 3.8) is 0 Å². The molecule has 0 N–H and O–H groups in total. The largest absolute Gasteiger partial charge is 0.424 e. The highest BCUT2D eigenvalue weighted by atomic mass is 16.4. The van der Waals surface area contributed by atoms with Crippen molar-refractivity contribution in [3.05, 3.63) is 47.7 Å². The van der Waals surface area contributed by atoms with Gasteiger partial charge in [0.2, 0.25) is 11.8 Å². The van der Waals surface area contributed by atoms with Crippen molar-refractivity contribution in [3.8, 4) is 0 Å². The summed E-state index contributed by atoms with van der Waals surface area (Å²) in [5, 5.41) is 8.04. The monoisotopic (exact) mass is 245 g/mol. The Morgan fingerprint density at radius 3 is 2.33 bits per heavy atom. The third-order valence-electron chi connectivity index (χ3n) is 2.87. The summed E-state index contributed by atoms with van der Waals surface area (Å²) >= 11 is 0. The van der Waals surface area contributed by atoms with Crippen LogP contribution in [0.25, 0.3) is 0 Å². The van der Waals surface area contributed by atoms with Gasteiger partial charge >= 0.3 is 0 Å². The van der Waals surface area contributed by atoms with Crippen LogP contribution in [0.2, 0.25) is 0 Å². The zero-order chi connectivity index (χ0) is 12.8. The molecule has 0 unspecified atom stereocenters. The Kier molecular flexibility index (Phi) is 4.47. The predicted octanol–water partition coefficient (Wildman–Crippen LogP) is 2.65. The van der Waals surface area contributed by atoms with Gasteiger partial charge in [-0.15, -0.1) is 10.2 Å². The Labute approximate surface area is 108 Å². The van der Waals surface area contributed by atoms with Crippen LogP contribution in [0, 0.1) is 0 Å². The van der Waals surface area contributed by atoms with Crippen molar-refractivity contribution in [1.82, 2.24) is 15.1 Å². The molecule has 0 aliphatic heterocycles. The summed E-state index contributed by atoms with van der Waals surface area (Å²) < 4.78 is 5.54. The molecule has 0 saturated carbocycles. The van der Waals surface area contributed by atoms with Gasteiger partial charge in [-0.05, 0) is 12.1 Å². The maximum Gasteiger partial charge on any atom is 0.230 e. The zero-order valence-electron chi connectivity index (χ0n) is 11.0. The summed E-state index contributed by atoms with van der Waals surface area (Å²) in [6.07, 6.45) is 0.789. The molecule has 1 aromatic heterocycles. The van der Waals surface area contributed by atoms with Crippen molar-refractivity contribution >= 4 is 0 Å². The molecule has 1 aromatic carbocycles. The van der Waals surface area contributed by atoms with Gasteiger partial charge in [0.05, 0.1) is 6.54 Å². The normalized spacial score (nSPS) is 11.1. The van der Waals surface area contributed by atoms with Gasteiger partial charge in [-0.2, -0.15) is 0 Å². The van der Waals surface area contributed by atoms with E-state index in [4.69, 9.17) is 4.42 Å². The molecular formula is C14H19N3O. The summed E-state index contributed by atoms with van der Waals surface area (Å²) in [5.74, 6) is 1.41. The van der Waals surface area contributed by atoms with Crippen LogP contribution >= 0.6 is 0 Å². The van der Waals surface area contributed by atoms with Crippen LogP contribution in [0.4, 0.5) is 0 Å². The van der Waals surface area contributed by atoms with Crippen molar-refractivity contribution in [2.45, 2.75) is 33.4 Å². The summed E-state index contributed by atoms with van der Waals surface area (Å²) in [5.41, 5.74) is 1.30. The molecule has 4 nitrogen and oxygen atoms in total. The second-order valence-electron chi connectivity index (χ2n) is 4.23. The molecule has 0 bridgehead atoms. The number of rotatable bonds is 6. The molecule has 0 aliphatic rings. The molecule has 96 valence electrons. The molecule has 0 saturated heterocycles. The van der Waals surface area contributed by atoms with E-state index < -0.39 is 0 Å². The van der Waals surface area contributed by atoms with Crippen LogP contribution in [0.3, 0.4) is 0 Å². The minimum Gasteiger partial charge on any atom is -0.424 e. The van der Waals surface area contributed by atoms with Crippen LogP contribution in [0.1, 0.15) is 31.2 Å². The first-order chi connectivity index (χ1) is 8.81. The van der Waals surface area contributed by atoms with E-state index in [9.17, 15) is 0 Å². The lowest BCUT2D eigenvalue weighted by Crippen LogP contribution is -2.22. The van der Waals surface area contributed by atoms with Gasteiger partial charge in [0.25, 0.3) is 0 Å². The highest BCUT2D eigenvalue weighted by Gasteiger charge is 2.10. The lowest BCUT2D eigenvalue weighted by Gasteiger charge is -2.18. The molecule has 2 rings (SSSR count). The third kappa shape index (κ3) is 3.40. The highest BCUT2D eigenvalue weighted by molar-refractivity contribution is 5.14. The number of hydrogen-bond donors (Lipinski definition) is 0. The number of benzene rings is 1. The summed E-state index contributed by atoms with van der Waals surface area (Å²) in [6, 6.07) is 10.4. The quantitative estimate of drug-likeness (QED) is 0.784. The van der Waals surface area contributed by atoms with Gasteiger partial charge in [0, 0.05) is 13.0 Å². The Morgan fingerprint density at radius 2 is 1.72 bits per heavy atom. The zero-order valence-corrected chi connectivity index (χ0v) is 11.0. The van der Waals surface area contributed by atoms with Crippen LogP contribution in [0.5, 0.6) is 0 Å². The fraction of sp³-hybridized carbons (Fsp3) is 0.429. The van der Waals surface area contributed by atoms with E-state index in [-0.39, 0.29) is 0 Å². The molecule has 0 aliphatic carbocycles. The van der Waals surface area contributed by atoms with Gasteiger partial charge in [0.1, 0.15) is 0 Å². The van der Waals surface area contributed by atoms with E-state index in [0.717, 1.165) is 19.5 Å². The molecule has 4 heteroatoms. The van der Waals surface area contributed by atoms with Gasteiger partial charge in [-0.1, -0.05) is 44.2 Å². The van der Waals surface area contributed by atoms with Gasteiger partial charge < -0.3 is 4.42 Å². The molecule has 0 amide bonds. The first kappa shape index (κ1) is 12.8. The molecule has 0 fully saturated rings. The lowest BCUT2D eigenvalue weighted by molar-refractivity contribution is 0.240. The van der Waals surface area contributed by atoms with E-state index in [2.05, 4.69) is 46.3 Å². The summed E-state index contributed by atoms with van der Waals surface area (Å²) in [6.45, 7) is 6.72. The fourth-order valence-corrected chi connectivity index (χ4v) is 1.81. The van der Waals surface area contributed by atoms with E-state index in [1.165, 1.54) is 5.56 Å². The summed E-state index contributed by atoms with van der Waals surface area (Å²) in [4.78, 5) is 2.28. The Balaban J connectivity index is 1.97. The van der Waals surface area contributed by atoms with E-state index >= 15 is 0 Å². The molecular weight excluding hydrogens is 226 g/mol. The number of nitrogens with zero attached hydrogens (tertiary/aromatic N) is 3. The molecule has 2 aromatic rings. The Morgan fingerprint density at radius 1 is 1.00 bits per heavy atom. The minimum absolute atomic E-state index is 0.699. The average Bonchev–Trinajstić information content (AvgIpc) is 2.87. The van der Waals surface area contributed by atoms with Crippen LogP contribution in [-0.4, -0.2) is 21.6 Å². The molecule has 1 heterocycles. The topological polar surface area (TPSA) is 42.2 Å². The van der Waals surface area contributed by atoms with Crippen molar-refractivity contribution in [2.75, 3.05) is 6.54 Å². The Hall–Kier alpha value is -1.68. The number of aryl methyl sites for hydroxylation is 1. The molecule has 0 spiro atoms. The molecule has 0 atom stereocenters. The maximum atomic E-state index is 5.54. The minimum atomic E-state index is 0.699. The maximum absolute atomic E-state index is 5.54. The number of aromatic nitrogens is 2. The van der Waals surface area contributed by atoms with Gasteiger partial charge in [-0.25, -0.2) is 0 Å². The smallest absolute Gasteiger partial charge is 0.230 e. The SMILES string of the molecule is CCc1nnc(CN(CC)Cc2ccccc2)o1. The van der Waals surface area contributed by atoms with Crippen LogP contribution < -0.4 is 0 Å². The van der Waals surface area contributed by atoms with Gasteiger partial charge in [0.15, 0.2) is 0 Å². The average molecular weight is 245 g/mol. The second kappa shape index (κ2) is 6.31. The molecule has 0 radical (unpaired) electrons. The lowest BCUT2D eigenvalue weighted by atomic mass is 10.2. The Bertz CT molecular complexity index is 467. The van der Waals surface area contributed by atoms with Crippen molar-refractivity contribution < 1.29 is 4.42 Å². The van der Waals surface area contributed by atoms with Crippen LogP contribution in [0.15, 0.2) is 34.7 Å². The van der Waals surface area contributed by atoms with Crippen molar-refractivity contribution in [1.29, 1.82) is 0 Å². The van der Waals surface area contributed by atoms with E-state index in [1.807, 2.05) is 13.0 Å². The first-order valence-electron chi connectivity index (χ1n) is 6.39. The third-order valence-corrected chi connectivity index (χ3v) is 2.87. The van der Waals surface area contributed by atoms with E-state index in [0.29, 0.717) is 18.3 Å². The fourth-order valence-electron chi connectivity index (χ4n) is 1.81. The standard InChI is InChI=1S/C14H19N3O/c1-3-13-15-16-14(18-13)11-17(4-2)10-12-8-6-5-7-9-12/h5-9H,3-4,10-11H2,1-2H3. The second-order valence-corrected chi connectivity index (χ2v) is 4.23. The van der Waals surface area contributed by atoms with Gasteiger partial charge in [-0.3, -0.25) is 4.90 Å². The number of hydrogen-bond acceptors (Lipinski definition) is 4. The van der Waals surface area contributed by atoms with E-state index in [1.54, 1.807) is 0 Å². The van der Waals surface area contributed by atoms with Crippen molar-refractivity contribution in [2.24, 2.45) is 0 Å². The molecule has 18 heavy (non-hydrogen) atoms.